The van der Waals surface area contributed by atoms with Crippen molar-refractivity contribution in [2.24, 2.45) is 0 Å². The molecule has 0 fully saturated rings. The van der Waals surface area contributed by atoms with Crippen LogP contribution in [0.15, 0.2) is 42.5 Å². The van der Waals surface area contributed by atoms with Crippen LogP contribution in [-0.2, 0) is 11.0 Å². The number of H-pyrrole nitrogens is 1. The molecule has 0 aliphatic heterocycles. The molecule has 146 valence electrons. The zero-order valence-electron chi connectivity index (χ0n) is 14.1. The van der Waals surface area contributed by atoms with Crippen molar-refractivity contribution < 1.29 is 27.9 Å². The van der Waals surface area contributed by atoms with Gasteiger partial charge in [-0.3, -0.25) is 9.59 Å². The summed E-state index contributed by atoms with van der Waals surface area (Å²) in [7, 11) is 0. The fourth-order valence-corrected chi connectivity index (χ4v) is 2.42. The number of alkyl halides is 3. The summed E-state index contributed by atoms with van der Waals surface area (Å²) >= 11 is 0. The van der Waals surface area contributed by atoms with Crippen LogP contribution in [0.25, 0.3) is 11.0 Å². The summed E-state index contributed by atoms with van der Waals surface area (Å²) in [6, 6.07) is 7.10. The number of nitrogens with one attached hydrogen (secondary N) is 3. The minimum absolute atomic E-state index is 0.114. The van der Waals surface area contributed by atoms with E-state index in [1.54, 1.807) is 6.07 Å². The van der Waals surface area contributed by atoms with Crippen molar-refractivity contribution in [3.05, 3.63) is 53.6 Å². The summed E-state index contributed by atoms with van der Waals surface area (Å²) in [5, 5.41) is 24.1. The topological polar surface area (TPSA) is 120 Å². The number of aliphatic hydroxyl groups excluding tert-OH is 1. The Balaban J connectivity index is 1.70. The van der Waals surface area contributed by atoms with Gasteiger partial charge in [-0.2, -0.15) is 28.6 Å². The predicted octanol–water partition coefficient (Wildman–Crippen LogP) is 1.71. The van der Waals surface area contributed by atoms with Crippen LogP contribution in [0.5, 0.6) is 0 Å². The summed E-state index contributed by atoms with van der Waals surface area (Å²) in [4.78, 5) is 24.6. The number of nitrogens with zero attached hydrogens (tertiary/aromatic N) is 2. The van der Waals surface area contributed by atoms with Crippen molar-refractivity contribution >= 4 is 28.5 Å². The van der Waals surface area contributed by atoms with Gasteiger partial charge in [0.25, 0.3) is 5.91 Å². The second-order valence-corrected chi connectivity index (χ2v) is 5.80. The third kappa shape index (κ3) is 4.26. The van der Waals surface area contributed by atoms with E-state index in [1.807, 2.05) is 0 Å². The number of aromatic amines is 1. The standard InChI is InChI=1S/C17H14F3N5O3/c18-17(19,20)10-2-1-3-11(7-10)21-16(28)14(8-26)22-15(27)9-4-5-12-13(6-9)24-25-23-12/h1-7,14,26H,8H2,(H,21,28)(H,22,27)(H,23,24,25). The first kappa shape index (κ1) is 19.3. The van der Waals surface area contributed by atoms with E-state index in [9.17, 15) is 27.9 Å². The number of hydrogen-bond donors (Lipinski definition) is 4. The second-order valence-electron chi connectivity index (χ2n) is 5.80. The van der Waals surface area contributed by atoms with Crippen LogP contribution in [0, 0.1) is 0 Å². The molecule has 2 aromatic carbocycles. The van der Waals surface area contributed by atoms with Gasteiger partial charge in [-0.15, -0.1) is 0 Å². The number of amides is 2. The fraction of sp³-hybridized carbons (Fsp3) is 0.176. The number of carbonyl (C=O) groups is 2. The molecule has 0 saturated heterocycles. The predicted molar refractivity (Wildman–Crippen MR) is 92.3 cm³/mol. The monoisotopic (exact) mass is 393 g/mol. The smallest absolute Gasteiger partial charge is 0.394 e. The number of aliphatic hydroxyl groups is 1. The molecule has 4 N–H and O–H groups in total. The quantitative estimate of drug-likeness (QED) is 0.526. The minimum Gasteiger partial charge on any atom is -0.394 e. The molecule has 1 aromatic heterocycles. The van der Waals surface area contributed by atoms with Gasteiger partial charge in [0.2, 0.25) is 5.91 Å². The van der Waals surface area contributed by atoms with E-state index in [-0.39, 0.29) is 11.3 Å². The van der Waals surface area contributed by atoms with Crippen LogP contribution in [-0.4, -0.2) is 45.0 Å². The van der Waals surface area contributed by atoms with E-state index in [1.165, 1.54) is 18.2 Å². The van der Waals surface area contributed by atoms with E-state index in [4.69, 9.17) is 0 Å². The normalized spacial score (nSPS) is 12.6. The van der Waals surface area contributed by atoms with Gasteiger partial charge in [-0.25, -0.2) is 0 Å². The lowest BCUT2D eigenvalue weighted by Gasteiger charge is -2.17. The van der Waals surface area contributed by atoms with Gasteiger partial charge >= 0.3 is 6.18 Å². The van der Waals surface area contributed by atoms with Gasteiger partial charge < -0.3 is 15.7 Å². The van der Waals surface area contributed by atoms with Crippen molar-refractivity contribution in [3.63, 3.8) is 0 Å². The number of hydrogen-bond acceptors (Lipinski definition) is 5. The lowest BCUT2D eigenvalue weighted by atomic mass is 10.1. The summed E-state index contributed by atoms with van der Waals surface area (Å²) in [5.74, 6) is -1.53. The highest BCUT2D eigenvalue weighted by atomic mass is 19.4. The highest BCUT2D eigenvalue weighted by Gasteiger charge is 2.30. The molecule has 0 bridgehead atoms. The molecule has 1 atom stereocenters. The van der Waals surface area contributed by atoms with Crippen molar-refractivity contribution in [2.45, 2.75) is 12.2 Å². The van der Waals surface area contributed by atoms with Crippen LogP contribution in [0.1, 0.15) is 15.9 Å². The first-order valence-corrected chi connectivity index (χ1v) is 7.98. The number of aromatic nitrogens is 3. The summed E-state index contributed by atoms with van der Waals surface area (Å²) < 4.78 is 38.3. The Labute approximate surface area is 155 Å². The number of benzene rings is 2. The Morgan fingerprint density at radius 1 is 1.11 bits per heavy atom. The molecule has 0 radical (unpaired) electrons. The first-order chi connectivity index (χ1) is 13.3. The van der Waals surface area contributed by atoms with Crippen molar-refractivity contribution in [3.8, 4) is 0 Å². The Bertz CT molecular complexity index is 1020. The Hall–Kier alpha value is -3.47. The zero-order chi connectivity index (χ0) is 20.3. The van der Waals surface area contributed by atoms with E-state index < -0.39 is 36.2 Å². The average Bonchev–Trinajstić information content (AvgIpc) is 3.13. The molecule has 0 spiro atoms. The highest BCUT2D eigenvalue weighted by Crippen LogP contribution is 2.30. The van der Waals surface area contributed by atoms with E-state index in [0.717, 1.165) is 18.2 Å². The van der Waals surface area contributed by atoms with Crippen LogP contribution in [0.2, 0.25) is 0 Å². The van der Waals surface area contributed by atoms with E-state index in [2.05, 4.69) is 26.0 Å². The maximum absolute atomic E-state index is 12.8. The number of carbonyl (C=O) groups excluding carboxylic acids is 2. The van der Waals surface area contributed by atoms with Crippen molar-refractivity contribution in [1.82, 2.24) is 20.7 Å². The first-order valence-electron chi connectivity index (χ1n) is 7.98. The molecular formula is C17H14F3N5O3. The number of halogens is 3. The summed E-state index contributed by atoms with van der Waals surface area (Å²) in [6.45, 7) is -0.747. The number of anilines is 1. The van der Waals surface area contributed by atoms with Crippen molar-refractivity contribution in [1.29, 1.82) is 0 Å². The summed E-state index contributed by atoms with van der Waals surface area (Å²) in [5.41, 5.74) is 0.0956. The Kier molecular flexibility index (Phi) is 5.27. The van der Waals surface area contributed by atoms with Gasteiger partial charge in [-0.1, -0.05) is 6.07 Å². The maximum Gasteiger partial charge on any atom is 0.416 e. The van der Waals surface area contributed by atoms with Crippen molar-refractivity contribution in [2.75, 3.05) is 11.9 Å². The molecule has 8 nitrogen and oxygen atoms in total. The molecule has 0 aliphatic rings. The Morgan fingerprint density at radius 3 is 2.57 bits per heavy atom. The highest BCUT2D eigenvalue weighted by molar-refractivity contribution is 6.02. The van der Waals surface area contributed by atoms with Gasteiger partial charge in [0.15, 0.2) is 0 Å². The third-order valence-corrected chi connectivity index (χ3v) is 3.84. The molecule has 1 unspecified atom stereocenters. The van der Waals surface area contributed by atoms with Gasteiger partial charge in [0.05, 0.1) is 12.2 Å². The molecule has 3 aromatic rings. The fourth-order valence-electron chi connectivity index (χ4n) is 2.42. The largest absolute Gasteiger partial charge is 0.416 e. The lowest BCUT2D eigenvalue weighted by Crippen LogP contribution is -2.46. The molecule has 3 rings (SSSR count). The zero-order valence-corrected chi connectivity index (χ0v) is 14.1. The van der Waals surface area contributed by atoms with Gasteiger partial charge in [0.1, 0.15) is 17.1 Å². The second kappa shape index (κ2) is 7.64. The molecule has 2 amide bonds. The third-order valence-electron chi connectivity index (χ3n) is 3.84. The molecule has 1 heterocycles. The summed E-state index contributed by atoms with van der Waals surface area (Å²) in [6.07, 6.45) is -4.56. The molecule has 0 saturated carbocycles. The van der Waals surface area contributed by atoms with E-state index >= 15 is 0 Å². The van der Waals surface area contributed by atoms with Gasteiger partial charge in [-0.05, 0) is 36.4 Å². The number of rotatable bonds is 5. The number of fused-ring (bicyclic) bond motifs is 1. The minimum atomic E-state index is -4.56. The average molecular weight is 393 g/mol. The molecule has 0 aliphatic carbocycles. The molecular weight excluding hydrogens is 379 g/mol. The molecule has 11 heteroatoms. The van der Waals surface area contributed by atoms with E-state index in [0.29, 0.717) is 11.0 Å². The molecule has 28 heavy (non-hydrogen) atoms. The van der Waals surface area contributed by atoms with Crippen LogP contribution >= 0.6 is 0 Å². The van der Waals surface area contributed by atoms with Crippen LogP contribution in [0.3, 0.4) is 0 Å². The maximum atomic E-state index is 12.8. The lowest BCUT2D eigenvalue weighted by molar-refractivity contribution is -0.137. The van der Waals surface area contributed by atoms with Gasteiger partial charge in [0, 0.05) is 11.3 Å². The SMILES string of the molecule is O=C(NC(CO)C(=O)Nc1cccc(C(F)(F)F)c1)c1ccc2n[nH]nc2c1. The Morgan fingerprint density at radius 2 is 1.86 bits per heavy atom. The van der Waals surface area contributed by atoms with Crippen LogP contribution in [0.4, 0.5) is 18.9 Å². The van der Waals surface area contributed by atoms with Crippen LogP contribution < -0.4 is 10.6 Å².